The van der Waals surface area contributed by atoms with E-state index in [4.69, 9.17) is 28.1 Å². The van der Waals surface area contributed by atoms with Gasteiger partial charge < -0.3 is 33.2 Å². The molecule has 9 heteroatoms. The maximum Gasteiger partial charge on any atom is 0.194 e. The number of ketones is 1. The van der Waals surface area contributed by atoms with Crippen molar-refractivity contribution in [3.8, 4) is 23.0 Å². The van der Waals surface area contributed by atoms with E-state index >= 15 is 0 Å². The summed E-state index contributed by atoms with van der Waals surface area (Å²) in [5.74, 6) is 1.16. The third kappa shape index (κ3) is 6.09. The van der Waals surface area contributed by atoms with Crippen molar-refractivity contribution in [1.82, 2.24) is 0 Å². The molecule has 8 nitrogen and oxygen atoms in total. The van der Waals surface area contributed by atoms with E-state index in [2.05, 4.69) is 33.9 Å². The van der Waals surface area contributed by atoms with Crippen LogP contribution in [-0.4, -0.2) is 53.4 Å². The Labute approximate surface area is 243 Å². The fourth-order valence-electron chi connectivity index (χ4n) is 4.98. The lowest BCUT2D eigenvalue weighted by molar-refractivity contribution is -0.000528. The number of hydrogen-bond donors (Lipinski definition) is 1. The first-order valence-electron chi connectivity index (χ1n) is 13.8. The molecule has 0 radical (unpaired) electrons. The molecule has 0 unspecified atom stereocenters. The van der Waals surface area contributed by atoms with E-state index in [0.717, 1.165) is 16.9 Å². The Balaban J connectivity index is 1.89. The highest BCUT2D eigenvalue weighted by Gasteiger charge is 2.46. The highest BCUT2D eigenvalue weighted by Crippen LogP contribution is 2.52. The molecule has 0 saturated heterocycles. The number of ether oxygens (including phenoxy) is 5. The van der Waals surface area contributed by atoms with Crippen LogP contribution in [0.3, 0.4) is 0 Å². The average molecular weight is 583 g/mol. The number of Topliss-reactive ketones (excluding diaryl/α,β-unsaturated/α-hetero) is 1. The van der Waals surface area contributed by atoms with E-state index in [1.807, 2.05) is 43.3 Å². The van der Waals surface area contributed by atoms with Crippen LogP contribution >= 0.6 is 0 Å². The molecule has 3 aromatic rings. The van der Waals surface area contributed by atoms with Gasteiger partial charge in [-0.15, -0.1) is 0 Å². The van der Waals surface area contributed by atoms with Gasteiger partial charge in [0.1, 0.15) is 29.1 Å². The Morgan fingerprint density at radius 1 is 1.00 bits per heavy atom. The summed E-state index contributed by atoms with van der Waals surface area (Å²) in [6.07, 6.45) is -1.06. The second-order valence-corrected chi connectivity index (χ2v) is 16.8. The van der Waals surface area contributed by atoms with Crippen LogP contribution in [0.15, 0.2) is 36.4 Å². The molecule has 1 aliphatic carbocycles. The van der Waals surface area contributed by atoms with Gasteiger partial charge in [0.05, 0.1) is 37.9 Å². The number of aryl methyl sites for hydroxylation is 1. The summed E-state index contributed by atoms with van der Waals surface area (Å²) in [7, 11) is 2.36. The van der Waals surface area contributed by atoms with E-state index in [9.17, 15) is 9.90 Å². The minimum atomic E-state index is -2.36. The molecule has 4 rings (SSSR count). The van der Waals surface area contributed by atoms with Crippen LogP contribution in [0.5, 0.6) is 23.0 Å². The molecule has 2 atom stereocenters. The van der Waals surface area contributed by atoms with Crippen LogP contribution in [0.2, 0.25) is 18.1 Å². The number of methoxy groups -OCH3 is 3. The first kappa shape index (κ1) is 30.8. The Morgan fingerprint density at radius 3 is 2.27 bits per heavy atom. The molecule has 0 amide bonds. The summed E-state index contributed by atoms with van der Waals surface area (Å²) < 4.78 is 35.4. The van der Waals surface area contributed by atoms with Gasteiger partial charge in [0.2, 0.25) is 0 Å². The van der Waals surface area contributed by atoms with Crippen molar-refractivity contribution in [1.29, 1.82) is 0 Å². The lowest BCUT2D eigenvalue weighted by atomic mass is 9.82. The smallest absolute Gasteiger partial charge is 0.194 e. The van der Waals surface area contributed by atoms with E-state index in [1.165, 1.54) is 7.11 Å². The molecule has 41 heavy (non-hydrogen) atoms. The molecule has 0 spiro atoms. The van der Waals surface area contributed by atoms with E-state index in [1.54, 1.807) is 14.2 Å². The maximum atomic E-state index is 14.2. The van der Waals surface area contributed by atoms with Crippen LogP contribution in [0, 0.1) is 6.92 Å². The van der Waals surface area contributed by atoms with Gasteiger partial charge >= 0.3 is 0 Å². The number of rotatable bonds is 10. The number of carbonyl (C=O) groups is 1. The maximum absolute atomic E-state index is 14.2. The summed E-state index contributed by atoms with van der Waals surface area (Å²) in [4.78, 5) is 14.2. The molecule has 0 aliphatic heterocycles. The van der Waals surface area contributed by atoms with E-state index in [0.29, 0.717) is 34.3 Å². The predicted molar refractivity (Wildman–Crippen MR) is 161 cm³/mol. The number of benzene rings is 3. The molecule has 0 aromatic heterocycles. The van der Waals surface area contributed by atoms with Crippen molar-refractivity contribution in [2.45, 2.75) is 71.1 Å². The summed E-state index contributed by atoms with van der Waals surface area (Å²) in [6.45, 7) is 12.8. The number of phenolic OH excluding ortho intramolecular Hbond substituents is 1. The molecule has 222 valence electrons. The molecule has 1 N–H and O–H groups in total. The van der Waals surface area contributed by atoms with Crippen LogP contribution in [0.4, 0.5) is 0 Å². The average Bonchev–Trinajstić information content (AvgIpc) is 2.91. The number of phenols is 1. The summed E-state index contributed by atoms with van der Waals surface area (Å²) in [5, 5.41) is 12.7. The lowest BCUT2D eigenvalue weighted by Crippen LogP contribution is -2.47. The topological polar surface area (TPSA) is 92.7 Å². The Morgan fingerprint density at radius 2 is 1.68 bits per heavy atom. The van der Waals surface area contributed by atoms with Crippen LogP contribution < -0.4 is 14.2 Å². The van der Waals surface area contributed by atoms with Crippen molar-refractivity contribution in [2.24, 2.45) is 0 Å². The second kappa shape index (κ2) is 12.0. The molecular weight excluding hydrogens is 540 g/mol. The van der Waals surface area contributed by atoms with Gasteiger partial charge in [0, 0.05) is 24.5 Å². The molecule has 0 bridgehead atoms. The van der Waals surface area contributed by atoms with Gasteiger partial charge in [-0.25, -0.2) is 0 Å². The quantitative estimate of drug-likeness (QED) is 0.200. The molecule has 3 aromatic carbocycles. The van der Waals surface area contributed by atoms with Gasteiger partial charge in [-0.1, -0.05) is 32.9 Å². The molecular formula is C32H42O8Si. The van der Waals surface area contributed by atoms with Crippen molar-refractivity contribution in [2.75, 3.05) is 28.1 Å². The van der Waals surface area contributed by atoms with Gasteiger partial charge in [0.15, 0.2) is 20.9 Å². The summed E-state index contributed by atoms with van der Waals surface area (Å²) in [5.41, 5.74) is 2.52. The summed E-state index contributed by atoms with van der Waals surface area (Å²) in [6, 6.07) is 11.4. The van der Waals surface area contributed by atoms with Gasteiger partial charge in [-0.05, 0) is 60.4 Å². The Hall–Kier alpha value is -3.11. The second-order valence-electron chi connectivity index (χ2n) is 12.0. The molecule has 1 aliphatic rings. The minimum absolute atomic E-state index is 0.0178. The van der Waals surface area contributed by atoms with Crippen molar-refractivity contribution < 1.29 is 38.0 Å². The first-order valence-corrected chi connectivity index (χ1v) is 16.7. The number of carbonyl (C=O) groups excluding carboxylic acids is 1. The molecule has 0 heterocycles. The third-order valence-corrected chi connectivity index (χ3v) is 12.6. The Bertz CT molecular complexity index is 1410. The molecule has 0 saturated carbocycles. The predicted octanol–water partition coefficient (Wildman–Crippen LogP) is 7.09. The minimum Gasteiger partial charge on any atom is -0.506 e. The van der Waals surface area contributed by atoms with Gasteiger partial charge in [-0.2, -0.15) is 0 Å². The van der Waals surface area contributed by atoms with Gasteiger partial charge in [0.25, 0.3) is 0 Å². The first-order chi connectivity index (χ1) is 19.3. The lowest BCUT2D eigenvalue weighted by Gasteiger charge is -2.41. The fourth-order valence-corrected chi connectivity index (χ4v) is 6.25. The largest absolute Gasteiger partial charge is 0.506 e. The van der Waals surface area contributed by atoms with Crippen LogP contribution in [0.25, 0.3) is 10.8 Å². The van der Waals surface area contributed by atoms with Crippen LogP contribution in [0.1, 0.15) is 60.3 Å². The number of fused-ring (bicyclic) bond motifs is 2. The third-order valence-electron chi connectivity index (χ3n) is 8.16. The van der Waals surface area contributed by atoms with Crippen molar-refractivity contribution >= 4 is 24.9 Å². The van der Waals surface area contributed by atoms with E-state index in [-0.39, 0.29) is 35.5 Å². The SMILES string of the molecule is COCOc1cc(C)cc2c(OC)c3c(c(O)c12)C(=O)[C@@H](O[Si](C)(C)C(C)(C)C)C[C@@H]3OCc1ccc(OC)cc1. The highest BCUT2D eigenvalue weighted by atomic mass is 28.4. The molecule has 0 fully saturated rings. The normalized spacial score (nSPS) is 17.4. The number of hydrogen-bond acceptors (Lipinski definition) is 8. The fraction of sp³-hybridized carbons (Fsp3) is 0.469. The van der Waals surface area contributed by atoms with E-state index < -0.39 is 20.5 Å². The van der Waals surface area contributed by atoms with Gasteiger partial charge in [-0.3, -0.25) is 4.79 Å². The summed E-state index contributed by atoms with van der Waals surface area (Å²) >= 11 is 0. The standard InChI is InChI=1S/C32H42O8Si/c1-19-14-22-26(23(15-19)39-18-35-5)30(34)28-27(31(22)37-7)24(38-17-20-10-12-21(36-6)13-11-20)16-25(29(28)33)40-41(8,9)32(2,3)4/h10-15,24-25,34H,16-18H2,1-9H3/t24-,25-/m0/s1. The van der Waals surface area contributed by atoms with Crippen LogP contribution in [-0.2, 0) is 20.5 Å². The van der Waals surface area contributed by atoms with Crippen molar-refractivity contribution in [3.63, 3.8) is 0 Å². The zero-order valence-electron chi connectivity index (χ0n) is 25.5. The highest BCUT2D eigenvalue weighted by molar-refractivity contribution is 6.74. The zero-order chi connectivity index (χ0) is 30.1. The number of aromatic hydroxyl groups is 1. The zero-order valence-corrected chi connectivity index (χ0v) is 26.5. The monoisotopic (exact) mass is 582 g/mol. The Kier molecular flexibility index (Phi) is 9.03. The van der Waals surface area contributed by atoms with Crippen molar-refractivity contribution in [3.05, 3.63) is 58.7 Å².